The standard InChI is InChI=1S/C28H27ClF2N2S/c1-28(2,31)26(21-12-24(30)14-25(13-21)34-3)22-16-33(17-22)27(19-7-9-23(29)10-8-19)20-6-4-5-18(11-20)15-32/h4-14,22,26-27H,16-17H2,1-3H3. The highest BCUT2D eigenvalue weighted by Crippen LogP contribution is 2.46. The smallest absolute Gasteiger partial charge is 0.124 e. The molecule has 4 rings (SSSR count). The molecule has 6 heteroatoms. The van der Waals surface area contributed by atoms with E-state index in [0.717, 1.165) is 16.0 Å². The van der Waals surface area contributed by atoms with Crippen molar-refractivity contribution < 1.29 is 8.78 Å². The Hall–Kier alpha value is -2.39. The maximum absolute atomic E-state index is 15.5. The third-order valence-electron chi connectivity index (χ3n) is 6.52. The molecule has 0 saturated carbocycles. The van der Waals surface area contributed by atoms with Gasteiger partial charge in [0.15, 0.2) is 0 Å². The number of benzene rings is 3. The van der Waals surface area contributed by atoms with Gasteiger partial charge < -0.3 is 0 Å². The molecule has 176 valence electrons. The fraction of sp³-hybridized carbons (Fsp3) is 0.321. The average Bonchev–Trinajstić information content (AvgIpc) is 2.77. The van der Waals surface area contributed by atoms with Crippen LogP contribution in [0.4, 0.5) is 8.78 Å². The van der Waals surface area contributed by atoms with Crippen molar-refractivity contribution in [2.45, 2.75) is 36.4 Å². The van der Waals surface area contributed by atoms with E-state index in [1.54, 1.807) is 19.9 Å². The highest BCUT2D eigenvalue weighted by atomic mass is 35.5. The largest absolute Gasteiger partial charge is 0.292 e. The quantitative estimate of drug-likeness (QED) is 0.315. The van der Waals surface area contributed by atoms with Gasteiger partial charge in [-0.1, -0.05) is 35.9 Å². The number of halogens is 3. The molecule has 1 aliphatic heterocycles. The van der Waals surface area contributed by atoms with Gasteiger partial charge in [-0.05, 0) is 85.2 Å². The Kier molecular flexibility index (Phi) is 7.33. The Balaban J connectivity index is 1.66. The van der Waals surface area contributed by atoms with Gasteiger partial charge in [0.25, 0.3) is 0 Å². The normalized spacial score (nSPS) is 16.5. The minimum Gasteiger partial charge on any atom is -0.292 e. The zero-order chi connectivity index (χ0) is 24.5. The zero-order valence-corrected chi connectivity index (χ0v) is 21.0. The highest BCUT2D eigenvalue weighted by Gasteiger charge is 2.45. The molecule has 0 radical (unpaired) electrons. The maximum Gasteiger partial charge on any atom is 0.124 e. The van der Waals surface area contributed by atoms with E-state index in [1.165, 1.54) is 23.9 Å². The summed E-state index contributed by atoms with van der Waals surface area (Å²) in [6.07, 6.45) is 1.89. The molecular formula is C28H27ClF2N2S. The summed E-state index contributed by atoms with van der Waals surface area (Å²) in [5.74, 6) is -0.730. The fourth-order valence-electron chi connectivity index (χ4n) is 5.12. The highest BCUT2D eigenvalue weighted by molar-refractivity contribution is 7.98. The van der Waals surface area contributed by atoms with Crippen molar-refractivity contribution in [3.63, 3.8) is 0 Å². The maximum atomic E-state index is 15.5. The summed E-state index contributed by atoms with van der Waals surface area (Å²) in [4.78, 5) is 3.09. The lowest BCUT2D eigenvalue weighted by atomic mass is 9.72. The van der Waals surface area contributed by atoms with E-state index < -0.39 is 11.6 Å². The number of thioether (sulfide) groups is 1. The topological polar surface area (TPSA) is 27.0 Å². The first-order valence-electron chi connectivity index (χ1n) is 11.2. The first-order valence-corrected chi connectivity index (χ1v) is 12.8. The summed E-state index contributed by atoms with van der Waals surface area (Å²) in [6.45, 7) is 4.48. The molecule has 0 spiro atoms. The Morgan fingerprint density at radius 2 is 1.74 bits per heavy atom. The molecular weight excluding hydrogens is 470 g/mol. The molecule has 0 aromatic heterocycles. The molecule has 0 N–H and O–H groups in total. The summed E-state index contributed by atoms with van der Waals surface area (Å²) < 4.78 is 29.8. The lowest BCUT2D eigenvalue weighted by Crippen LogP contribution is -2.53. The summed E-state index contributed by atoms with van der Waals surface area (Å²) in [7, 11) is 0. The summed E-state index contributed by atoms with van der Waals surface area (Å²) in [5.41, 5.74) is 1.86. The van der Waals surface area contributed by atoms with E-state index in [-0.39, 0.29) is 17.8 Å². The number of nitrogens with zero attached hydrogens (tertiary/aromatic N) is 2. The summed E-state index contributed by atoms with van der Waals surface area (Å²) in [5, 5.41) is 10.1. The number of hydrogen-bond acceptors (Lipinski definition) is 3. The first-order chi connectivity index (χ1) is 16.2. The second kappa shape index (κ2) is 10.1. The summed E-state index contributed by atoms with van der Waals surface area (Å²) >= 11 is 7.58. The molecule has 1 aliphatic rings. The van der Waals surface area contributed by atoms with Gasteiger partial charge in [-0.15, -0.1) is 11.8 Å². The van der Waals surface area contributed by atoms with Crippen LogP contribution in [-0.2, 0) is 0 Å². The number of likely N-dealkylation sites (tertiary alicyclic amines) is 1. The van der Waals surface area contributed by atoms with E-state index in [2.05, 4.69) is 11.0 Å². The second-order valence-corrected chi connectivity index (χ2v) is 10.7. The minimum atomic E-state index is -1.50. The Labute approximate surface area is 209 Å². The van der Waals surface area contributed by atoms with Crippen LogP contribution < -0.4 is 0 Å². The van der Waals surface area contributed by atoms with Crippen LogP contribution >= 0.6 is 23.4 Å². The van der Waals surface area contributed by atoms with Gasteiger partial charge in [-0.3, -0.25) is 4.90 Å². The van der Waals surface area contributed by atoms with Crippen LogP contribution in [0.5, 0.6) is 0 Å². The molecule has 34 heavy (non-hydrogen) atoms. The van der Waals surface area contributed by atoms with Crippen LogP contribution in [0.25, 0.3) is 0 Å². The lowest BCUT2D eigenvalue weighted by molar-refractivity contribution is 0.00806. The number of rotatable bonds is 7. The van der Waals surface area contributed by atoms with Gasteiger partial charge >= 0.3 is 0 Å². The molecule has 1 fully saturated rings. The first kappa shape index (κ1) is 24.7. The van der Waals surface area contributed by atoms with E-state index in [1.807, 2.05) is 54.8 Å². The third kappa shape index (κ3) is 5.30. The average molecular weight is 497 g/mol. The third-order valence-corrected chi connectivity index (χ3v) is 7.48. The van der Waals surface area contributed by atoms with Crippen molar-refractivity contribution in [2.75, 3.05) is 19.3 Å². The van der Waals surface area contributed by atoms with Crippen LogP contribution in [0, 0.1) is 23.1 Å². The number of alkyl halides is 1. The van der Waals surface area contributed by atoms with Gasteiger partial charge in [0.2, 0.25) is 0 Å². The molecule has 3 aromatic rings. The molecule has 2 nitrogen and oxygen atoms in total. The number of hydrogen-bond donors (Lipinski definition) is 0. The van der Waals surface area contributed by atoms with Crippen molar-refractivity contribution in [3.8, 4) is 6.07 Å². The Bertz CT molecular complexity index is 1190. The second-order valence-electron chi connectivity index (χ2n) is 9.37. The van der Waals surface area contributed by atoms with Crippen molar-refractivity contribution in [1.29, 1.82) is 5.26 Å². The monoisotopic (exact) mass is 496 g/mol. The van der Waals surface area contributed by atoms with Gasteiger partial charge in [-0.25, -0.2) is 8.78 Å². The van der Waals surface area contributed by atoms with E-state index >= 15 is 4.39 Å². The van der Waals surface area contributed by atoms with Crippen LogP contribution in [-0.4, -0.2) is 29.9 Å². The van der Waals surface area contributed by atoms with E-state index in [4.69, 9.17) is 11.6 Å². The molecule has 2 unspecified atom stereocenters. The molecule has 0 amide bonds. The van der Waals surface area contributed by atoms with Crippen molar-refractivity contribution in [3.05, 3.63) is 99.8 Å². The van der Waals surface area contributed by atoms with Crippen LogP contribution in [0.15, 0.2) is 71.6 Å². The predicted molar refractivity (Wildman–Crippen MR) is 136 cm³/mol. The minimum absolute atomic E-state index is 0.0328. The molecule has 2 atom stereocenters. The van der Waals surface area contributed by atoms with Gasteiger partial charge in [-0.2, -0.15) is 5.26 Å². The van der Waals surface area contributed by atoms with Crippen LogP contribution in [0.2, 0.25) is 5.02 Å². The zero-order valence-electron chi connectivity index (χ0n) is 19.4. The van der Waals surface area contributed by atoms with Gasteiger partial charge in [0.05, 0.1) is 17.7 Å². The number of nitriles is 1. The SMILES string of the molecule is CSc1cc(F)cc(C(C2CN(C(c3ccc(Cl)cc3)c3cccc(C#N)c3)C2)C(C)(C)F)c1. The molecule has 0 bridgehead atoms. The van der Waals surface area contributed by atoms with Gasteiger partial charge in [0.1, 0.15) is 11.5 Å². The lowest BCUT2D eigenvalue weighted by Gasteiger charge is -2.50. The molecule has 3 aromatic carbocycles. The van der Waals surface area contributed by atoms with Crippen molar-refractivity contribution in [2.24, 2.45) is 5.92 Å². The van der Waals surface area contributed by atoms with E-state index in [0.29, 0.717) is 29.2 Å². The van der Waals surface area contributed by atoms with Crippen LogP contribution in [0.1, 0.15) is 48.1 Å². The Morgan fingerprint density at radius 3 is 2.35 bits per heavy atom. The summed E-state index contributed by atoms with van der Waals surface area (Å²) in [6, 6.07) is 22.3. The van der Waals surface area contributed by atoms with Crippen LogP contribution in [0.3, 0.4) is 0 Å². The fourth-order valence-corrected chi connectivity index (χ4v) is 5.73. The van der Waals surface area contributed by atoms with Crippen molar-refractivity contribution in [1.82, 2.24) is 4.90 Å². The van der Waals surface area contributed by atoms with Crippen molar-refractivity contribution >= 4 is 23.4 Å². The van der Waals surface area contributed by atoms with Gasteiger partial charge in [0, 0.05) is 28.9 Å². The molecule has 1 heterocycles. The Morgan fingerprint density at radius 1 is 1.03 bits per heavy atom. The molecule has 1 saturated heterocycles. The predicted octanol–water partition coefficient (Wildman–Crippen LogP) is 7.63. The molecule has 0 aliphatic carbocycles. The van der Waals surface area contributed by atoms with E-state index in [9.17, 15) is 9.65 Å².